The monoisotopic (exact) mass is 469 g/mol. The number of nitrogens with one attached hydrogen (secondary N) is 3. The summed E-state index contributed by atoms with van der Waals surface area (Å²) in [5.74, 6) is 0.720. The number of nitrogen functional groups attached to an aromatic ring is 2. The van der Waals surface area contributed by atoms with Crippen LogP contribution in [0.4, 0.5) is 27.8 Å². The van der Waals surface area contributed by atoms with Crippen LogP contribution in [0.1, 0.15) is 22.7 Å². The number of hydrogen-bond acceptors (Lipinski definition) is 11. The van der Waals surface area contributed by atoms with Gasteiger partial charge in [0.15, 0.2) is 17.7 Å². The maximum absolute atomic E-state index is 12.3. The molecule has 0 saturated heterocycles. The van der Waals surface area contributed by atoms with E-state index in [1.165, 1.54) is 7.11 Å². The van der Waals surface area contributed by atoms with Gasteiger partial charge >= 0.3 is 6.09 Å². The van der Waals surface area contributed by atoms with Crippen molar-refractivity contribution in [1.29, 1.82) is 10.5 Å². The largest absolute Gasteiger partial charge is 0.493 e. The Balaban J connectivity index is 1.71. The summed E-state index contributed by atoms with van der Waals surface area (Å²) in [4.78, 5) is 21.1. The highest BCUT2D eigenvalue weighted by Crippen LogP contribution is 2.42. The Kier molecular flexibility index (Phi) is 6.20. The van der Waals surface area contributed by atoms with Crippen LogP contribution in [-0.2, 0) is 0 Å². The van der Waals surface area contributed by atoms with Crippen LogP contribution in [-0.4, -0.2) is 24.1 Å². The molecule has 0 radical (unpaired) electrons. The smallest absolute Gasteiger partial charge is 0.417 e. The van der Waals surface area contributed by atoms with Gasteiger partial charge in [0.05, 0.1) is 12.8 Å². The van der Waals surface area contributed by atoms with Crippen LogP contribution in [0, 0.1) is 22.8 Å². The van der Waals surface area contributed by atoms with Gasteiger partial charge in [-0.3, -0.25) is 10.6 Å². The standard InChI is InChI=1S/C23H19N9O3/c1-34-16-9-12(7-8-15(16)35-23(33)29-13-5-3-2-4-6-13)19-17-18(26)14(10-24)20(27)31-21(17)32-22(30-19)28-11-25/h2-9,19H,1H3,(H,29,33)(H6,26,27,28,30,31,32). The summed E-state index contributed by atoms with van der Waals surface area (Å²) >= 11 is 0. The van der Waals surface area contributed by atoms with Crippen LogP contribution >= 0.6 is 0 Å². The van der Waals surface area contributed by atoms with Gasteiger partial charge in [-0.05, 0) is 29.8 Å². The molecule has 35 heavy (non-hydrogen) atoms. The molecule has 1 aliphatic heterocycles. The Morgan fingerprint density at radius 3 is 2.60 bits per heavy atom. The Morgan fingerprint density at radius 1 is 1.14 bits per heavy atom. The molecule has 1 unspecified atom stereocenters. The SMILES string of the molecule is COc1cc(C2N=C(NC#N)Nc3nc(N)c(C#N)c(N)c32)ccc1OC(=O)Nc1ccccc1. The van der Waals surface area contributed by atoms with Crippen LogP contribution in [0.5, 0.6) is 11.5 Å². The lowest BCUT2D eigenvalue weighted by molar-refractivity contribution is 0.213. The Hall–Kier alpha value is -5.49. The number of methoxy groups -OCH3 is 1. The number of carbonyl (C=O) groups is 1. The fourth-order valence-corrected chi connectivity index (χ4v) is 3.53. The Morgan fingerprint density at radius 2 is 1.91 bits per heavy atom. The van der Waals surface area contributed by atoms with Crippen LogP contribution in [0.2, 0.25) is 0 Å². The van der Waals surface area contributed by atoms with Crippen molar-refractivity contribution in [2.75, 3.05) is 29.2 Å². The van der Waals surface area contributed by atoms with E-state index in [2.05, 4.69) is 25.9 Å². The minimum absolute atomic E-state index is 0.0203. The van der Waals surface area contributed by atoms with Crippen molar-refractivity contribution in [3.05, 3.63) is 65.2 Å². The number of aliphatic imine (C=N–C) groups is 1. The molecule has 12 nitrogen and oxygen atoms in total. The van der Waals surface area contributed by atoms with Crippen molar-refractivity contribution in [1.82, 2.24) is 10.3 Å². The van der Waals surface area contributed by atoms with E-state index in [1.54, 1.807) is 48.7 Å². The van der Waals surface area contributed by atoms with E-state index in [0.29, 0.717) is 16.8 Å². The van der Waals surface area contributed by atoms with Crippen LogP contribution in [0.3, 0.4) is 0 Å². The Labute approximate surface area is 199 Å². The molecule has 7 N–H and O–H groups in total. The highest BCUT2D eigenvalue weighted by atomic mass is 16.6. The highest BCUT2D eigenvalue weighted by Gasteiger charge is 2.30. The van der Waals surface area contributed by atoms with E-state index < -0.39 is 12.1 Å². The number of rotatable bonds is 4. The van der Waals surface area contributed by atoms with E-state index in [9.17, 15) is 10.1 Å². The molecule has 1 aromatic heterocycles. The van der Waals surface area contributed by atoms with Gasteiger partial charge in [0.25, 0.3) is 0 Å². The lowest BCUT2D eigenvalue weighted by Crippen LogP contribution is -2.32. The fourth-order valence-electron chi connectivity index (χ4n) is 3.53. The molecule has 0 spiro atoms. The zero-order valence-electron chi connectivity index (χ0n) is 18.4. The van der Waals surface area contributed by atoms with E-state index >= 15 is 0 Å². The van der Waals surface area contributed by atoms with Crippen molar-refractivity contribution in [2.45, 2.75) is 6.04 Å². The summed E-state index contributed by atoms with van der Waals surface area (Å²) in [5.41, 5.74) is 13.8. The zero-order valence-corrected chi connectivity index (χ0v) is 18.4. The second kappa shape index (κ2) is 9.56. The molecular weight excluding hydrogens is 450 g/mol. The first-order chi connectivity index (χ1) is 16.9. The molecule has 3 aromatic rings. The van der Waals surface area contributed by atoms with Crippen molar-refractivity contribution in [2.24, 2.45) is 4.99 Å². The van der Waals surface area contributed by atoms with Gasteiger partial charge in [-0.25, -0.2) is 14.8 Å². The normalized spacial score (nSPS) is 13.7. The maximum atomic E-state index is 12.3. The van der Waals surface area contributed by atoms with E-state index in [4.69, 9.17) is 26.2 Å². The number of fused-ring (bicyclic) bond motifs is 1. The number of ether oxygens (including phenoxy) is 2. The van der Waals surface area contributed by atoms with Gasteiger partial charge in [-0.15, -0.1) is 0 Å². The van der Waals surface area contributed by atoms with Gasteiger partial charge < -0.3 is 26.3 Å². The number of nitrogens with zero attached hydrogens (tertiary/aromatic N) is 4. The number of aromatic nitrogens is 1. The minimum atomic E-state index is -0.775. The molecule has 1 atom stereocenters. The lowest BCUT2D eigenvalue weighted by Gasteiger charge is -2.26. The number of nitrogens with two attached hydrogens (primary N) is 2. The third-order valence-electron chi connectivity index (χ3n) is 5.08. The maximum Gasteiger partial charge on any atom is 0.417 e. The molecular formula is C23H19N9O3. The van der Waals surface area contributed by atoms with Crippen molar-refractivity contribution >= 4 is 35.1 Å². The average Bonchev–Trinajstić information content (AvgIpc) is 2.84. The minimum Gasteiger partial charge on any atom is -0.493 e. The van der Waals surface area contributed by atoms with Crippen LogP contribution in [0.25, 0.3) is 0 Å². The number of pyridine rings is 1. The third-order valence-corrected chi connectivity index (χ3v) is 5.08. The topological polar surface area (TPSA) is 196 Å². The molecule has 1 amide bonds. The first-order valence-electron chi connectivity index (χ1n) is 10.2. The number of carbonyl (C=O) groups excluding carboxylic acids is 1. The molecule has 2 aromatic carbocycles. The predicted molar refractivity (Wildman–Crippen MR) is 129 cm³/mol. The molecule has 12 heteroatoms. The molecule has 0 bridgehead atoms. The van der Waals surface area contributed by atoms with Gasteiger partial charge in [0, 0.05) is 11.3 Å². The fraction of sp³-hybridized carbons (Fsp3) is 0.0870. The molecule has 0 fully saturated rings. The number of nitriles is 2. The number of benzene rings is 2. The second-order valence-corrected chi connectivity index (χ2v) is 7.19. The average molecular weight is 469 g/mol. The molecule has 1 aliphatic rings. The van der Waals surface area contributed by atoms with Gasteiger partial charge in [0.1, 0.15) is 29.3 Å². The number of anilines is 4. The number of amides is 1. The van der Waals surface area contributed by atoms with Crippen LogP contribution < -0.4 is 36.9 Å². The molecule has 174 valence electrons. The number of guanidine groups is 1. The van der Waals surface area contributed by atoms with Crippen molar-refractivity contribution < 1.29 is 14.3 Å². The van der Waals surface area contributed by atoms with E-state index in [1.807, 2.05) is 12.1 Å². The summed E-state index contributed by atoms with van der Waals surface area (Å²) < 4.78 is 10.8. The van der Waals surface area contributed by atoms with Crippen LogP contribution in [0.15, 0.2) is 53.5 Å². The zero-order chi connectivity index (χ0) is 24.9. The lowest BCUT2D eigenvalue weighted by atomic mass is 9.95. The first-order valence-corrected chi connectivity index (χ1v) is 10.2. The van der Waals surface area contributed by atoms with Crippen molar-refractivity contribution in [3.63, 3.8) is 0 Å². The molecule has 4 rings (SSSR count). The molecule has 2 heterocycles. The second-order valence-electron chi connectivity index (χ2n) is 7.19. The Bertz CT molecular complexity index is 1410. The van der Waals surface area contributed by atoms with Gasteiger partial charge in [-0.2, -0.15) is 10.5 Å². The quantitative estimate of drug-likeness (QED) is 0.280. The molecule has 0 aliphatic carbocycles. The number of hydrogen-bond donors (Lipinski definition) is 5. The van der Waals surface area contributed by atoms with Gasteiger partial charge in [0.2, 0.25) is 5.96 Å². The summed E-state index contributed by atoms with van der Waals surface area (Å²) in [6.07, 6.45) is 1.09. The highest BCUT2D eigenvalue weighted by molar-refractivity contribution is 5.98. The summed E-state index contributed by atoms with van der Waals surface area (Å²) in [6, 6.07) is 14.8. The van der Waals surface area contributed by atoms with E-state index in [-0.39, 0.29) is 40.3 Å². The summed E-state index contributed by atoms with van der Waals surface area (Å²) in [5, 5.41) is 26.4. The first kappa shape index (κ1) is 22.7. The molecule has 0 saturated carbocycles. The van der Waals surface area contributed by atoms with E-state index in [0.717, 1.165) is 0 Å². The summed E-state index contributed by atoms with van der Waals surface area (Å²) in [6.45, 7) is 0. The van der Waals surface area contributed by atoms with Gasteiger partial charge in [-0.1, -0.05) is 24.3 Å². The number of para-hydroxylation sites is 1. The third kappa shape index (κ3) is 4.53. The summed E-state index contributed by atoms with van der Waals surface area (Å²) in [7, 11) is 1.42. The van der Waals surface area contributed by atoms with Crippen molar-refractivity contribution in [3.8, 4) is 23.8 Å². The predicted octanol–water partition coefficient (Wildman–Crippen LogP) is 2.68.